The molecule has 106 valence electrons. The van der Waals surface area contributed by atoms with Crippen molar-refractivity contribution in [3.63, 3.8) is 0 Å². The molecule has 0 aliphatic rings. The van der Waals surface area contributed by atoms with Crippen LogP contribution in [0.15, 0.2) is 36.4 Å². The van der Waals surface area contributed by atoms with E-state index in [1.54, 1.807) is 18.4 Å². The first-order valence-electron chi connectivity index (χ1n) is 5.99. The van der Waals surface area contributed by atoms with Crippen molar-refractivity contribution in [2.45, 2.75) is 6.54 Å². The Balaban J connectivity index is 1.93. The fourth-order valence-electron chi connectivity index (χ4n) is 1.64. The molecule has 0 unspecified atom stereocenters. The van der Waals surface area contributed by atoms with Gasteiger partial charge in [-0.05, 0) is 48.6 Å². The second-order valence-corrected chi connectivity index (χ2v) is 6.41. The molecule has 0 aliphatic heterocycles. The van der Waals surface area contributed by atoms with Gasteiger partial charge in [-0.15, -0.1) is 11.3 Å². The molecule has 20 heavy (non-hydrogen) atoms. The Morgan fingerprint density at radius 1 is 1.30 bits per heavy atom. The highest BCUT2D eigenvalue weighted by Crippen LogP contribution is 2.22. The van der Waals surface area contributed by atoms with Gasteiger partial charge in [0.15, 0.2) is 5.11 Å². The van der Waals surface area contributed by atoms with Gasteiger partial charge < -0.3 is 15.0 Å². The fraction of sp³-hybridized carbons (Fsp3) is 0.214. The molecule has 0 aliphatic carbocycles. The van der Waals surface area contributed by atoms with Gasteiger partial charge in [0.1, 0.15) is 5.75 Å². The van der Waals surface area contributed by atoms with Crippen molar-refractivity contribution in [3.05, 3.63) is 45.6 Å². The minimum atomic E-state index is 0.666. The van der Waals surface area contributed by atoms with Crippen molar-refractivity contribution in [2.75, 3.05) is 19.5 Å². The molecule has 0 spiro atoms. The van der Waals surface area contributed by atoms with E-state index in [1.807, 2.05) is 48.3 Å². The molecule has 0 fully saturated rings. The smallest absolute Gasteiger partial charge is 0.173 e. The van der Waals surface area contributed by atoms with E-state index in [0.29, 0.717) is 5.11 Å². The third kappa shape index (κ3) is 4.10. The van der Waals surface area contributed by atoms with Crippen LogP contribution in [0.4, 0.5) is 5.69 Å². The summed E-state index contributed by atoms with van der Waals surface area (Å²) in [4.78, 5) is 3.15. The van der Waals surface area contributed by atoms with Gasteiger partial charge in [-0.2, -0.15) is 0 Å². The molecule has 2 rings (SSSR count). The summed E-state index contributed by atoms with van der Waals surface area (Å²) in [5, 5.41) is 3.86. The topological polar surface area (TPSA) is 24.5 Å². The van der Waals surface area contributed by atoms with Crippen LogP contribution in [0.1, 0.15) is 4.88 Å². The maximum absolute atomic E-state index is 5.92. The Labute approximate surface area is 133 Å². The highest BCUT2D eigenvalue weighted by Gasteiger charge is 2.07. The second kappa shape index (κ2) is 6.92. The van der Waals surface area contributed by atoms with E-state index in [-0.39, 0.29) is 0 Å². The van der Waals surface area contributed by atoms with Crippen molar-refractivity contribution >= 4 is 46.0 Å². The summed E-state index contributed by atoms with van der Waals surface area (Å²) in [7, 11) is 3.60. The van der Waals surface area contributed by atoms with Crippen LogP contribution >= 0.6 is 35.2 Å². The quantitative estimate of drug-likeness (QED) is 0.849. The number of halogens is 1. The molecule has 3 nitrogen and oxygen atoms in total. The maximum Gasteiger partial charge on any atom is 0.173 e. The first kappa shape index (κ1) is 15.1. The van der Waals surface area contributed by atoms with Crippen LogP contribution in [0, 0.1) is 0 Å². The summed E-state index contributed by atoms with van der Waals surface area (Å²) in [6.45, 7) is 0.735. The highest BCUT2D eigenvalue weighted by atomic mass is 35.5. The van der Waals surface area contributed by atoms with E-state index in [0.717, 1.165) is 22.3 Å². The zero-order chi connectivity index (χ0) is 14.5. The molecule has 1 heterocycles. The number of benzene rings is 1. The lowest BCUT2D eigenvalue weighted by atomic mass is 10.3. The first-order valence-corrected chi connectivity index (χ1v) is 7.59. The largest absolute Gasteiger partial charge is 0.497 e. The Morgan fingerprint density at radius 2 is 2.00 bits per heavy atom. The van der Waals surface area contributed by atoms with Crippen molar-refractivity contribution in [1.29, 1.82) is 0 Å². The van der Waals surface area contributed by atoms with E-state index in [2.05, 4.69) is 5.32 Å². The molecular formula is C14H15ClN2OS2. The van der Waals surface area contributed by atoms with E-state index in [9.17, 15) is 0 Å². The Bertz CT molecular complexity index is 583. The van der Waals surface area contributed by atoms with Crippen LogP contribution in [-0.2, 0) is 6.54 Å². The van der Waals surface area contributed by atoms with Gasteiger partial charge in [-0.1, -0.05) is 11.6 Å². The van der Waals surface area contributed by atoms with Gasteiger partial charge in [-0.25, -0.2) is 0 Å². The summed E-state index contributed by atoms with van der Waals surface area (Å²) in [5.74, 6) is 0.822. The number of hydrogen-bond acceptors (Lipinski definition) is 3. The van der Waals surface area contributed by atoms with E-state index >= 15 is 0 Å². The van der Waals surface area contributed by atoms with Gasteiger partial charge in [0.2, 0.25) is 0 Å². The Morgan fingerprint density at radius 3 is 2.55 bits per heavy atom. The molecule has 0 radical (unpaired) electrons. The lowest BCUT2D eigenvalue weighted by Crippen LogP contribution is -2.30. The number of ether oxygens (including phenoxy) is 1. The SMILES string of the molecule is COc1ccc(NC(=S)N(C)Cc2ccc(Cl)s2)cc1. The first-order chi connectivity index (χ1) is 9.58. The van der Waals surface area contributed by atoms with Gasteiger partial charge in [0, 0.05) is 17.6 Å². The second-order valence-electron chi connectivity index (χ2n) is 4.22. The van der Waals surface area contributed by atoms with E-state index in [4.69, 9.17) is 28.6 Å². The summed E-state index contributed by atoms with van der Waals surface area (Å²) in [6.07, 6.45) is 0. The summed E-state index contributed by atoms with van der Waals surface area (Å²) >= 11 is 12.9. The van der Waals surface area contributed by atoms with E-state index < -0.39 is 0 Å². The molecule has 0 saturated heterocycles. The van der Waals surface area contributed by atoms with Gasteiger partial charge >= 0.3 is 0 Å². The van der Waals surface area contributed by atoms with Gasteiger partial charge in [0.05, 0.1) is 18.0 Å². The zero-order valence-corrected chi connectivity index (χ0v) is 13.6. The molecular weight excluding hydrogens is 312 g/mol. The normalized spacial score (nSPS) is 10.2. The minimum absolute atomic E-state index is 0.666. The van der Waals surface area contributed by atoms with Crippen molar-refractivity contribution in [1.82, 2.24) is 4.90 Å². The molecule has 0 amide bonds. The van der Waals surface area contributed by atoms with Crippen LogP contribution in [-0.4, -0.2) is 24.2 Å². The molecule has 1 N–H and O–H groups in total. The van der Waals surface area contributed by atoms with Crippen LogP contribution in [0.25, 0.3) is 0 Å². The molecule has 1 aromatic heterocycles. The third-order valence-corrected chi connectivity index (χ3v) is 4.34. The summed E-state index contributed by atoms with van der Waals surface area (Å²) < 4.78 is 5.91. The fourth-order valence-corrected chi connectivity index (χ4v) is 2.96. The predicted molar refractivity (Wildman–Crippen MR) is 90.0 cm³/mol. The molecule has 0 atom stereocenters. The van der Waals surface area contributed by atoms with Crippen LogP contribution in [0.2, 0.25) is 4.34 Å². The van der Waals surface area contributed by atoms with Crippen molar-refractivity contribution in [2.24, 2.45) is 0 Å². The number of thiocarbonyl (C=S) groups is 1. The Hall–Kier alpha value is -1.30. The minimum Gasteiger partial charge on any atom is -0.497 e. The molecule has 1 aromatic carbocycles. The number of nitrogens with one attached hydrogen (secondary N) is 1. The van der Waals surface area contributed by atoms with Crippen LogP contribution in [0.3, 0.4) is 0 Å². The zero-order valence-electron chi connectivity index (χ0n) is 11.2. The number of thiophene rings is 1. The lowest BCUT2D eigenvalue weighted by molar-refractivity contribution is 0.415. The molecule has 6 heteroatoms. The average Bonchev–Trinajstić information content (AvgIpc) is 2.85. The Kier molecular flexibility index (Phi) is 5.23. The molecule has 0 bridgehead atoms. The van der Waals surface area contributed by atoms with Crippen LogP contribution < -0.4 is 10.1 Å². The number of anilines is 1. The van der Waals surface area contributed by atoms with E-state index in [1.165, 1.54) is 4.88 Å². The lowest BCUT2D eigenvalue weighted by Gasteiger charge is -2.20. The monoisotopic (exact) mass is 326 g/mol. The number of methoxy groups -OCH3 is 1. The predicted octanol–water partition coefficient (Wildman–Crippen LogP) is 4.24. The highest BCUT2D eigenvalue weighted by molar-refractivity contribution is 7.80. The van der Waals surface area contributed by atoms with Crippen LogP contribution in [0.5, 0.6) is 5.75 Å². The summed E-state index contributed by atoms with van der Waals surface area (Å²) in [5.41, 5.74) is 0.937. The summed E-state index contributed by atoms with van der Waals surface area (Å²) in [6, 6.07) is 11.6. The van der Waals surface area contributed by atoms with Gasteiger partial charge in [0.25, 0.3) is 0 Å². The standard InChI is InChI=1S/C14H15ClN2OS2/c1-17(9-12-7-8-13(15)20-12)14(19)16-10-3-5-11(18-2)6-4-10/h3-8H,9H2,1-2H3,(H,16,19). The number of hydrogen-bond donors (Lipinski definition) is 1. The molecule has 0 saturated carbocycles. The van der Waals surface area contributed by atoms with Gasteiger partial charge in [-0.3, -0.25) is 0 Å². The number of nitrogens with zero attached hydrogens (tertiary/aromatic N) is 1. The van der Waals surface area contributed by atoms with Crippen molar-refractivity contribution < 1.29 is 4.74 Å². The third-order valence-electron chi connectivity index (χ3n) is 2.71. The van der Waals surface area contributed by atoms with Crippen molar-refractivity contribution in [3.8, 4) is 5.75 Å². The number of rotatable bonds is 4. The molecule has 2 aromatic rings. The average molecular weight is 327 g/mol. The maximum atomic E-state index is 5.92.